The summed E-state index contributed by atoms with van der Waals surface area (Å²) in [6.45, 7) is 0. The van der Waals surface area contributed by atoms with Gasteiger partial charge in [0.05, 0.1) is 10.0 Å². The van der Waals surface area contributed by atoms with E-state index in [0.717, 1.165) is 21.9 Å². The van der Waals surface area contributed by atoms with Crippen LogP contribution >= 0.6 is 23.4 Å². The molecule has 0 aliphatic rings. The van der Waals surface area contributed by atoms with E-state index in [1.165, 1.54) is 0 Å². The predicted molar refractivity (Wildman–Crippen MR) is 76.3 cm³/mol. The molecule has 0 fully saturated rings. The number of nitrogens with one attached hydrogen (secondary N) is 1. The average molecular weight is 278 g/mol. The highest BCUT2D eigenvalue weighted by atomic mass is 35.5. The SMILES string of the molecule is N=C(N)c1ccccc1CSc1ccc(Cl)cn1. The zero-order valence-electron chi connectivity index (χ0n) is 9.56. The van der Waals surface area contributed by atoms with Crippen LogP contribution in [-0.2, 0) is 5.75 Å². The molecule has 1 aromatic carbocycles. The third-order valence-corrected chi connectivity index (χ3v) is 3.60. The van der Waals surface area contributed by atoms with Crippen LogP contribution in [0.5, 0.6) is 0 Å². The molecule has 0 amide bonds. The van der Waals surface area contributed by atoms with Crippen LogP contribution in [0.1, 0.15) is 11.1 Å². The van der Waals surface area contributed by atoms with Crippen LogP contribution in [0, 0.1) is 5.41 Å². The van der Waals surface area contributed by atoms with E-state index in [-0.39, 0.29) is 5.84 Å². The highest BCUT2D eigenvalue weighted by Crippen LogP contribution is 2.23. The first-order valence-electron chi connectivity index (χ1n) is 5.33. The van der Waals surface area contributed by atoms with E-state index in [1.54, 1.807) is 18.0 Å². The number of pyridine rings is 1. The van der Waals surface area contributed by atoms with E-state index >= 15 is 0 Å². The summed E-state index contributed by atoms with van der Waals surface area (Å²) >= 11 is 7.37. The highest BCUT2D eigenvalue weighted by molar-refractivity contribution is 7.98. The lowest BCUT2D eigenvalue weighted by atomic mass is 10.1. The molecule has 0 bridgehead atoms. The average Bonchev–Trinajstić information content (AvgIpc) is 2.38. The van der Waals surface area contributed by atoms with Crippen LogP contribution in [0.15, 0.2) is 47.6 Å². The van der Waals surface area contributed by atoms with E-state index in [4.69, 9.17) is 22.7 Å². The monoisotopic (exact) mass is 277 g/mol. The number of rotatable bonds is 4. The quantitative estimate of drug-likeness (QED) is 0.512. The van der Waals surface area contributed by atoms with Crippen LogP contribution < -0.4 is 5.73 Å². The third-order valence-electron chi connectivity index (χ3n) is 2.38. The van der Waals surface area contributed by atoms with Crippen molar-refractivity contribution in [2.75, 3.05) is 0 Å². The minimum atomic E-state index is 0.0928. The number of nitrogens with two attached hydrogens (primary N) is 1. The summed E-state index contributed by atoms with van der Waals surface area (Å²) in [4.78, 5) is 4.21. The molecule has 5 heteroatoms. The number of amidine groups is 1. The summed E-state index contributed by atoms with van der Waals surface area (Å²) in [5, 5.41) is 9.05. The molecule has 0 saturated carbocycles. The van der Waals surface area contributed by atoms with E-state index in [9.17, 15) is 0 Å². The molecular weight excluding hydrogens is 266 g/mol. The molecule has 2 rings (SSSR count). The number of nitrogen functional groups attached to an aromatic ring is 1. The van der Waals surface area contributed by atoms with Gasteiger partial charge in [0.2, 0.25) is 0 Å². The number of halogens is 1. The van der Waals surface area contributed by atoms with Crippen molar-refractivity contribution < 1.29 is 0 Å². The molecule has 0 radical (unpaired) electrons. The summed E-state index contributed by atoms with van der Waals surface area (Å²) in [7, 11) is 0. The maximum atomic E-state index is 7.52. The summed E-state index contributed by atoms with van der Waals surface area (Å²) in [5.74, 6) is 0.819. The number of benzene rings is 1. The lowest BCUT2D eigenvalue weighted by Crippen LogP contribution is -2.13. The second-order valence-electron chi connectivity index (χ2n) is 3.67. The van der Waals surface area contributed by atoms with Crippen LogP contribution in [0.3, 0.4) is 0 Å². The molecule has 0 unspecified atom stereocenters. The number of hydrogen-bond donors (Lipinski definition) is 2. The lowest BCUT2D eigenvalue weighted by molar-refractivity contribution is 1.13. The first kappa shape index (κ1) is 12.9. The largest absolute Gasteiger partial charge is 0.384 e. The molecule has 0 atom stereocenters. The Balaban J connectivity index is 2.10. The topological polar surface area (TPSA) is 62.8 Å². The van der Waals surface area contributed by atoms with Crippen molar-refractivity contribution >= 4 is 29.2 Å². The molecule has 1 heterocycles. The summed E-state index contributed by atoms with van der Waals surface area (Å²) in [5.41, 5.74) is 7.36. The van der Waals surface area contributed by atoms with Crippen LogP contribution in [0.4, 0.5) is 0 Å². The van der Waals surface area contributed by atoms with Gasteiger partial charge < -0.3 is 5.73 Å². The maximum absolute atomic E-state index is 7.52. The molecule has 0 aliphatic carbocycles. The Kier molecular flexibility index (Phi) is 4.23. The number of nitrogens with zero attached hydrogens (tertiary/aromatic N) is 1. The molecule has 1 aromatic heterocycles. The minimum absolute atomic E-state index is 0.0928. The van der Waals surface area contributed by atoms with Gasteiger partial charge in [-0.05, 0) is 17.7 Å². The number of hydrogen-bond acceptors (Lipinski definition) is 3. The molecular formula is C13H12ClN3S. The van der Waals surface area contributed by atoms with E-state index in [2.05, 4.69) is 4.98 Å². The first-order valence-corrected chi connectivity index (χ1v) is 6.70. The fraction of sp³-hybridized carbons (Fsp3) is 0.0769. The smallest absolute Gasteiger partial charge is 0.123 e. The van der Waals surface area contributed by atoms with E-state index in [0.29, 0.717) is 5.02 Å². The Labute approximate surface area is 115 Å². The van der Waals surface area contributed by atoms with Crippen LogP contribution in [0.25, 0.3) is 0 Å². The zero-order chi connectivity index (χ0) is 13.0. The second-order valence-corrected chi connectivity index (χ2v) is 5.11. The third kappa shape index (κ3) is 3.24. The fourth-order valence-corrected chi connectivity index (χ4v) is 2.47. The first-order chi connectivity index (χ1) is 8.66. The molecule has 2 aromatic rings. The fourth-order valence-electron chi connectivity index (χ4n) is 1.51. The lowest BCUT2D eigenvalue weighted by Gasteiger charge is -2.07. The Morgan fingerprint density at radius 1 is 1.28 bits per heavy atom. The highest BCUT2D eigenvalue weighted by Gasteiger charge is 2.05. The molecule has 0 aliphatic heterocycles. The van der Waals surface area contributed by atoms with Gasteiger partial charge in [0, 0.05) is 17.5 Å². The normalized spacial score (nSPS) is 10.3. The standard InChI is InChI=1S/C13H12ClN3S/c14-10-5-6-12(17-7-10)18-8-9-3-1-2-4-11(9)13(15)16/h1-7H,8H2,(H3,15,16). The minimum Gasteiger partial charge on any atom is -0.384 e. The molecule has 3 nitrogen and oxygen atoms in total. The Morgan fingerprint density at radius 3 is 2.72 bits per heavy atom. The van der Waals surface area contributed by atoms with E-state index in [1.807, 2.05) is 36.4 Å². The summed E-state index contributed by atoms with van der Waals surface area (Å²) in [6.07, 6.45) is 1.63. The van der Waals surface area contributed by atoms with Gasteiger partial charge in [-0.2, -0.15) is 0 Å². The van der Waals surface area contributed by atoms with Gasteiger partial charge in [-0.1, -0.05) is 35.9 Å². The van der Waals surface area contributed by atoms with Gasteiger partial charge in [0.1, 0.15) is 5.84 Å². The van der Waals surface area contributed by atoms with Gasteiger partial charge in [0.15, 0.2) is 0 Å². The molecule has 3 N–H and O–H groups in total. The maximum Gasteiger partial charge on any atom is 0.123 e. The Hall–Kier alpha value is -1.52. The second kappa shape index (κ2) is 5.89. The zero-order valence-corrected chi connectivity index (χ0v) is 11.1. The molecule has 0 saturated heterocycles. The number of aromatic nitrogens is 1. The van der Waals surface area contributed by atoms with Crippen molar-refractivity contribution in [1.29, 1.82) is 5.41 Å². The van der Waals surface area contributed by atoms with Crippen molar-refractivity contribution in [3.8, 4) is 0 Å². The Bertz CT molecular complexity index is 554. The van der Waals surface area contributed by atoms with E-state index < -0.39 is 0 Å². The molecule has 18 heavy (non-hydrogen) atoms. The van der Waals surface area contributed by atoms with Crippen molar-refractivity contribution in [1.82, 2.24) is 4.98 Å². The van der Waals surface area contributed by atoms with Crippen molar-refractivity contribution in [3.05, 3.63) is 58.7 Å². The van der Waals surface area contributed by atoms with Gasteiger partial charge in [-0.3, -0.25) is 5.41 Å². The summed E-state index contributed by atoms with van der Waals surface area (Å²) in [6, 6.07) is 11.3. The molecule has 92 valence electrons. The van der Waals surface area contributed by atoms with Crippen LogP contribution in [0.2, 0.25) is 5.02 Å². The van der Waals surface area contributed by atoms with Crippen molar-refractivity contribution in [2.45, 2.75) is 10.8 Å². The van der Waals surface area contributed by atoms with Crippen molar-refractivity contribution in [3.63, 3.8) is 0 Å². The van der Waals surface area contributed by atoms with Gasteiger partial charge in [-0.25, -0.2) is 4.98 Å². The molecule has 0 spiro atoms. The van der Waals surface area contributed by atoms with Gasteiger partial charge >= 0.3 is 0 Å². The van der Waals surface area contributed by atoms with Crippen LogP contribution in [-0.4, -0.2) is 10.8 Å². The van der Waals surface area contributed by atoms with Gasteiger partial charge in [0.25, 0.3) is 0 Å². The predicted octanol–water partition coefficient (Wildman–Crippen LogP) is 3.31. The Morgan fingerprint density at radius 2 is 2.06 bits per heavy atom. The summed E-state index contributed by atoms with van der Waals surface area (Å²) < 4.78 is 0. The van der Waals surface area contributed by atoms with Crippen molar-refractivity contribution in [2.24, 2.45) is 5.73 Å². The van der Waals surface area contributed by atoms with Gasteiger partial charge in [-0.15, -0.1) is 11.8 Å². The number of thioether (sulfide) groups is 1.